The highest BCUT2D eigenvalue weighted by Crippen LogP contribution is 2.29. The summed E-state index contributed by atoms with van der Waals surface area (Å²) in [7, 11) is 0. The summed E-state index contributed by atoms with van der Waals surface area (Å²) in [5.74, 6) is -0.484. The molecule has 4 rings (SSSR count). The molecule has 2 heterocycles. The van der Waals surface area contributed by atoms with E-state index in [0.717, 1.165) is 5.56 Å². The summed E-state index contributed by atoms with van der Waals surface area (Å²) in [6.07, 6.45) is 2.16. The average molecular weight is 380 g/mol. The highest BCUT2D eigenvalue weighted by Gasteiger charge is 2.29. The standard InChI is InChI=1S/C20H17FN4O3/c21-14-7-5-13(6-8-14)11-25-12-15(10-22-25)23-19(26)9-18-20(27)24-16-3-1-2-4-17(16)28-18/h1-8,10,12,18H,9,11H2,(H,23,26)(H,24,27). The number of halogens is 1. The highest BCUT2D eigenvalue weighted by atomic mass is 19.1. The molecule has 0 aliphatic carbocycles. The average Bonchev–Trinajstić information content (AvgIpc) is 3.11. The maximum Gasteiger partial charge on any atom is 0.266 e. The first kappa shape index (κ1) is 17.7. The Morgan fingerprint density at radius 1 is 1.21 bits per heavy atom. The number of hydrogen-bond donors (Lipinski definition) is 2. The number of aromatic nitrogens is 2. The first-order chi connectivity index (χ1) is 13.6. The van der Waals surface area contributed by atoms with E-state index in [4.69, 9.17) is 4.74 Å². The van der Waals surface area contributed by atoms with Crippen LogP contribution in [0.5, 0.6) is 5.75 Å². The molecule has 0 saturated heterocycles. The molecule has 2 N–H and O–H groups in total. The van der Waals surface area contributed by atoms with Crippen molar-refractivity contribution in [3.05, 3.63) is 72.3 Å². The maximum atomic E-state index is 13.0. The van der Waals surface area contributed by atoms with E-state index < -0.39 is 6.10 Å². The third kappa shape index (κ3) is 4.01. The van der Waals surface area contributed by atoms with Crippen molar-refractivity contribution in [3.63, 3.8) is 0 Å². The van der Waals surface area contributed by atoms with Crippen LogP contribution in [0.2, 0.25) is 0 Å². The minimum Gasteiger partial charge on any atom is -0.478 e. The normalized spacial score (nSPS) is 15.3. The van der Waals surface area contributed by atoms with Gasteiger partial charge in [0.2, 0.25) is 5.91 Å². The van der Waals surface area contributed by atoms with E-state index in [0.29, 0.717) is 23.7 Å². The van der Waals surface area contributed by atoms with Gasteiger partial charge in [0.25, 0.3) is 5.91 Å². The number of anilines is 2. The van der Waals surface area contributed by atoms with E-state index in [1.807, 2.05) is 0 Å². The molecule has 1 aliphatic heterocycles. The van der Waals surface area contributed by atoms with Crippen molar-refractivity contribution < 1.29 is 18.7 Å². The van der Waals surface area contributed by atoms with Gasteiger partial charge in [0, 0.05) is 6.20 Å². The summed E-state index contributed by atoms with van der Waals surface area (Å²) in [5, 5.41) is 9.61. The van der Waals surface area contributed by atoms with Gasteiger partial charge in [-0.15, -0.1) is 0 Å². The van der Waals surface area contributed by atoms with Crippen molar-refractivity contribution >= 4 is 23.2 Å². The fourth-order valence-electron chi connectivity index (χ4n) is 2.90. The number of para-hydroxylation sites is 2. The van der Waals surface area contributed by atoms with E-state index >= 15 is 0 Å². The van der Waals surface area contributed by atoms with Gasteiger partial charge in [-0.2, -0.15) is 5.10 Å². The van der Waals surface area contributed by atoms with Gasteiger partial charge in [0.1, 0.15) is 11.6 Å². The van der Waals surface area contributed by atoms with Crippen LogP contribution in [0.25, 0.3) is 0 Å². The lowest BCUT2D eigenvalue weighted by molar-refractivity contribution is -0.128. The molecule has 0 spiro atoms. The number of nitrogens with zero attached hydrogens (tertiary/aromatic N) is 2. The van der Waals surface area contributed by atoms with Gasteiger partial charge >= 0.3 is 0 Å². The number of ether oxygens (including phenoxy) is 1. The molecule has 0 saturated carbocycles. The Bertz CT molecular complexity index is 1020. The van der Waals surface area contributed by atoms with Gasteiger partial charge in [-0.25, -0.2) is 4.39 Å². The summed E-state index contributed by atoms with van der Waals surface area (Å²) in [5.41, 5.74) is 1.98. The van der Waals surface area contributed by atoms with Gasteiger partial charge < -0.3 is 15.4 Å². The first-order valence-corrected chi connectivity index (χ1v) is 8.70. The summed E-state index contributed by atoms with van der Waals surface area (Å²) < 4.78 is 20.2. The van der Waals surface area contributed by atoms with E-state index in [9.17, 15) is 14.0 Å². The number of hydrogen-bond acceptors (Lipinski definition) is 4. The first-order valence-electron chi connectivity index (χ1n) is 8.70. The molecule has 2 aromatic carbocycles. The molecule has 1 atom stereocenters. The zero-order valence-corrected chi connectivity index (χ0v) is 14.8. The van der Waals surface area contributed by atoms with Crippen molar-refractivity contribution in [2.45, 2.75) is 19.1 Å². The van der Waals surface area contributed by atoms with E-state index in [2.05, 4.69) is 15.7 Å². The van der Waals surface area contributed by atoms with Crippen molar-refractivity contribution in [1.82, 2.24) is 9.78 Å². The van der Waals surface area contributed by atoms with Crippen LogP contribution in [0.15, 0.2) is 60.9 Å². The fourth-order valence-corrected chi connectivity index (χ4v) is 2.90. The van der Waals surface area contributed by atoms with Crippen LogP contribution in [0, 0.1) is 5.82 Å². The largest absolute Gasteiger partial charge is 0.478 e. The maximum absolute atomic E-state index is 13.0. The molecule has 7 nitrogen and oxygen atoms in total. The Labute approximate surface area is 160 Å². The molecule has 0 bridgehead atoms. The summed E-state index contributed by atoms with van der Waals surface area (Å²) >= 11 is 0. The molecule has 0 fully saturated rings. The topological polar surface area (TPSA) is 85.2 Å². The number of carbonyl (C=O) groups excluding carboxylic acids is 2. The number of carbonyl (C=O) groups is 2. The second kappa shape index (κ2) is 7.51. The zero-order valence-electron chi connectivity index (χ0n) is 14.8. The predicted molar refractivity (Wildman–Crippen MR) is 100 cm³/mol. The number of nitrogens with one attached hydrogen (secondary N) is 2. The lowest BCUT2D eigenvalue weighted by Gasteiger charge is -2.25. The molecule has 1 unspecified atom stereocenters. The molecule has 0 radical (unpaired) electrons. The Morgan fingerprint density at radius 2 is 2.00 bits per heavy atom. The summed E-state index contributed by atoms with van der Waals surface area (Å²) in [6, 6.07) is 13.2. The van der Waals surface area contributed by atoms with Crippen molar-refractivity contribution in [3.8, 4) is 5.75 Å². The van der Waals surface area contributed by atoms with Gasteiger partial charge in [-0.1, -0.05) is 24.3 Å². The minimum absolute atomic E-state index is 0.122. The van der Waals surface area contributed by atoms with Gasteiger partial charge in [0.05, 0.1) is 30.5 Å². The number of benzene rings is 2. The minimum atomic E-state index is -0.899. The SMILES string of the molecule is O=C(CC1Oc2ccccc2NC1=O)Nc1cnn(Cc2ccc(F)cc2)c1. The van der Waals surface area contributed by atoms with Gasteiger partial charge in [-0.3, -0.25) is 14.3 Å². The Balaban J connectivity index is 1.35. The molecule has 3 aromatic rings. The van der Waals surface area contributed by atoms with Crippen LogP contribution in [0.4, 0.5) is 15.8 Å². The Morgan fingerprint density at radius 3 is 2.82 bits per heavy atom. The van der Waals surface area contributed by atoms with Crippen LogP contribution >= 0.6 is 0 Å². The predicted octanol–water partition coefficient (Wildman–Crippen LogP) is 2.80. The third-order valence-corrected chi connectivity index (χ3v) is 4.25. The highest BCUT2D eigenvalue weighted by molar-refractivity contribution is 6.01. The lowest BCUT2D eigenvalue weighted by Crippen LogP contribution is -2.39. The zero-order chi connectivity index (χ0) is 19.5. The summed E-state index contributed by atoms with van der Waals surface area (Å²) in [4.78, 5) is 24.4. The smallest absolute Gasteiger partial charge is 0.266 e. The van der Waals surface area contributed by atoms with Crippen LogP contribution in [0.3, 0.4) is 0 Å². The second-order valence-electron chi connectivity index (χ2n) is 6.40. The van der Waals surface area contributed by atoms with Crippen molar-refractivity contribution in [2.24, 2.45) is 0 Å². The third-order valence-electron chi connectivity index (χ3n) is 4.25. The molecule has 2 amide bonds. The van der Waals surface area contributed by atoms with Crippen molar-refractivity contribution in [1.29, 1.82) is 0 Å². The molecule has 28 heavy (non-hydrogen) atoms. The van der Waals surface area contributed by atoms with Crippen LogP contribution in [-0.2, 0) is 16.1 Å². The van der Waals surface area contributed by atoms with E-state index in [1.54, 1.807) is 47.3 Å². The molecule has 142 valence electrons. The lowest BCUT2D eigenvalue weighted by atomic mass is 10.1. The quantitative estimate of drug-likeness (QED) is 0.713. The van der Waals surface area contributed by atoms with E-state index in [1.165, 1.54) is 18.3 Å². The molecule has 1 aromatic heterocycles. The monoisotopic (exact) mass is 380 g/mol. The van der Waals surface area contributed by atoms with Gasteiger partial charge in [-0.05, 0) is 29.8 Å². The number of fused-ring (bicyclic) bond motifs is 1. The Kier molecular flexibility index (Phi) is 4.76. The van der Waals surface area contributed by atoms with Crippen LogP contribution < -0.4 is 15.4 Å². The van der Waals surface area contributed by atoms with Crippen LogP contribution in [-0.4, -0.2) is 27.7 Å². The van der Waals surface area contributed by atoms with Gasteiger partial charge in [0.15, 0.2) is 6.10 Å². The summed E-state index contributed by atoms with van der Waals surface area (Å²) in [6.45, 7) is 0.446. The second-order valence-corrected chi connectivity index (χ2v) is 6.40. The molecule has 8 heteroatoms. The van der Waals surface area contributed by atoms with E-state index in [-0.39, 0.29) is 24.1 Å². The fraction of sp³-hybridized carbons (Fsp3) is 0.150. The van der Waals surface area contributed by atoms with Crippen molar-refractivity contribution in [2.75, 3.05) is 10.6 Å². The molecule has 1 aliphatic rings. The number of amides is 2. The van der Waals surface area contributed by atoms with Crippen LogP contribution in [0.1, 0.15) is 12.0 Å². The molecular formula is C20H17FN4O3. The number of rotatable bonds is 5. The molecular weight excluding hydrogens is 363 g/mol. The Hall–Kier alpha value is -3.68.